The summed E-state index contributed by atoms with van der Waals surface area (Å²) in [5.41, 5.74) is 2.45. The molecule has 2 N–H and O–H groups in total. The Hall–Kier alpha value is -2.63. The standard InChI is InChI=1S/C16H18N4O2/c1-4-10-5-6-13-11(7-10)12(9-22-13)15(21)18-16(2,3)14-8-17-20-19-14/h5-9H,4H2,1-3H3,(H,18,21)(H,17,19,20). The van der Waals surface area contributed by atoms with E-state index >= 15 is 0 Å². The number of nitrogens with one attached hydrogen (secondary N) is 2. The normalized spacial score (nSPS) is 11.8. The molecule has 0 bridgehead atoms. The van der Waals surface area contributed by atoms with Crippen LogP contribution >= 0.6 is 0 Å². The second-order valence-corrected chi connectivity index (χ2v) is 5.77. The van der Waals surface area contributed by atoms with Gasteiger partial charge in [-0.05, 0) is 38.0 Å². The second-order valence-electron chi connectivity index (χ2n) is 5.77. The number of hydrogen-bond acceptors (Lipinski definition) is 4. The highest BCUT2D eigenvalue weighted by molar-refractivity contribution is 6.06. The molecule has 1 aromatic carbocycles. The van der Waals surface area contributed by atoms with Crippen molar-refractivity contribution in [2.24, 2.45) is 0 Å². The smallest absolute Gasteiger partial charge is 0.255 e. The molecule has 0 saturated carbocycles. The van der Waals surface area contributed by atoms with Crippen LogP contribution in [0.5, 0.6) is 0 Å². The van der Waals surface area contributed by atoms with Crippen LogP contribution in [0.1, 0.15) is 42.4 Å². The van der Waals surface area contributed by atoms with E-state index in [-0.39, 0.29) is 5.91 Å². The molecule has 6 nitrogen and oxygen atoms in total. The fourth-order valence-electron chi connectivity index (χ4n) is 2.39. The molecule has 0 aliphatic rings. The first kappa shape index (κ1) is 14.3. The minimum atomic E-state index is -0.629. The predicted octanol–water partition coefficient (Wildman–Crippen LogP) is 2.78. The van der Waals surface area contributed by atoms with E-state index in [9.17, 15) is 4.79 Å². The third-order valence-electron chi connectivity index (χ3n) is 3.77. The van der Waals surface area contributed by atoms with Crippen LogP contribution in [-0.4, -0.2) is 21.3 Å². The summed E-state index contributed by atoms with van der Waals surface area (Å²) < 4.78 is 5.48. The van der Waals surface area contributed by atoms with E-state index < -0.39 is 5.54 Å². The van der Waals surface area contributed by atoms with Crippen molar-refractivity contribution in [1.82, 2.24) is 20.7 Å². The van der Waals surface area contributed by atoms with E-state index in [1.807, 2.05) is 32.0 Å². The number of aromatic amines is 1. The molecule has 0 spiro atoms. The number of carbonyl (C=O) groups is 1. The summed E-state index contributed by atoms with van der Waals surface area (Å²) in [4.78, 5) is 12.6. The molecule has 3 aromatic rings. The van der Waals surface area contributed by atoms with Crippen LogP contribution in [0.4, 0.5) is 0 Å². The van der Waals surface area contributed by atoms with Gasteiger partial charge in [0.2, 0.25) is 0 Å². The number of aromatic nitrogens is 3. The molecule has 0 atom stereocenters. The molecule has 0 fully saturated rings. The Balaban J connectivity index is 1.92. The lowest BCUT2D eigenvalue weighted by atomic mass is 10.0. The topological polar surface area (TPSA) is 83.8 Å². The lowest BCUT2D eigenvalue weighted by Gasteiger charge is -2.23. The largest absolute Gasteiger partial charge is 0.463 e. The van der Waals surface area contributed by atoms with Crippen LogP contribution in [-0.2, 0) is 12.0 Å². The summed E-state index contributed by atoms with van der Waals surface area (Å²) in [6, 6.07) is 5.90. The van der Waals surface area contributed by atoms with Gasteiger partial charge in [-0.2, -0.15) is 15.4 Å². The summed E-state index contributed by atoms with van der Waals surface area (Å²) in [6.45, 7) is 5.83. The number of carbonyl (C=O) groups excluding carboxylic acids is 1. The second kappa shape index (κ2) is 5.29. The van der Waals surface area contributed by atoms with Gasteiger partial charge in [-0.3, -0.25) is 4.79 Å². The van der Waals surface area contributed by atoms with E-state index in [0.717, 1.165) is 11.8 Å². The number of amides is 1. The van der Waals surface area contributed by atoms with E-state index in [1.165, 1.54) is 11.8 Å². The summed E-state index contributed by atoms with van der Waals surface area (Å²) >= 11 is 0. The zero-order valence-electron chi connectivity index (χ0n) is 12.8. The van der Waals surface area contributed by atoms with Crippen LogP contribution < -0.4 is 5.32 Å². The highest BCUT2D eigenvalue weighted by atomic mass is 16.3. The highest BCUT2D eigenvalue weighted by Crippen LogP contribution is 2.24. The van der Waals surface area contributed by atoms with Crippen molar-refractivity contribution in [3.8, 4) is 0 Å². The summed E-state index contributed by atoms with van der Waals surface area (Å²) in [7, 11) is 0. The molecule has 114 valence electrons. The first-order valence-corrected chi connectivity index (χ1v) is 7.20. The number of furan rings is 1. The molecular formula is C16H18N4O2. The third-order valence-corrected chi connectivity index (χ3v) is 3.77. The van der Waals surface area contributed by atoms with E-state index in [4.69, 9.17) is 4.42 Å². The lowest BCUT2D eigenvalue weighted by Crippen LogP contribution is -2.41. The number of nitrogens with zero attached hydrogens (tertiary/aromatic N) is 2. The predicted molar refractivity (Wildman–Crippen MR) is 82.5 cm³/mol. The van der Waals surface area contributed by atoms with Gasteiger partial charge in [0, 0.05) is 5.39 Å². The number of benzene rings is 1. The molecule has 0 saturated heterocycles. The molecule has 6 heteroatoms. The molecule has 22 heavy (non-hydrogen) atoms. The molecular weight excluding hydrogens is 280 g/mol. The average Bonchev–Trinajstić information content (AvgIpc) is 3.15. The van der Waals surface area contributed by atoms with Crippen molar-refractivity contribution in [3.05, 3.63) is 47.5 Å². The van der Waals surface area contributed by atoms with Crippen molar-refractivity contribution in [2.45, 2.75) is 32.7 Å². The Morgan fingerprint density at radius 2 is 2.23 bits per heavy atom. The maximum atomic E-state index is 12.6. The zero-order chi connectivity index (χ0) is 15.7. The van der Waals surface area contributed by atoms with Crippen LogP contribution in [0.2, 0.25) is 0 Å². The van der Waals surface area contributed by atoms with Gasteiger partial charge in [0.15, 0.2) is 0 Å². The molecule has 2 aromatic heterocycles. The Labute approximate surface area is 127 Å². The van der Waals surface area contributed by atoms with Gasteiger partial charge >= 0.3 is 0 Å². The Morgan fingerprint density at radius 3 is 2.91 bits per heavy atom. The highest BCUT2D eigenvalue weighted by Gasteiger charge is 2.27. The maximum absolute atomic E-state index is 12.6. The van der Waals surface area contributed by atoms with Gasteiger partial charge in [0.1, 0.15) is 17.5 Å². The molecule has 0 unspecified atom stereocenters. The third kappa shape index (κ3) is 2.47. The maximum Gasteiger partial charge on any atom is 0.255 e. The van der Waals surface area contributed by atoms with Crippen molar-refractivity contribution in [1.29, 1.82) is 0 Å². The van der Waals surface area contributed by atoms with Gasteiger partial charge in [-0.25, -0.2) is 0 Å². The molecule has 0 aliphatic carbocycles. The van der Waals surface area contributed by atoms with E-state index in [2.05, 4.69) is 27.7 Å². The minimum absolute atomic E-state index is 0.194. The first-order chi connectivity index (χ1) is 10.5. The van der Waals surface area contributed by atoms with Crippen LogP contribution in [0.25, 0.3) is 11.0 Å². The van der Waals surface area contributed by atoms with Crippen LogP contribution in [0, 0.1) is 0 Å². The van der Waals surface area contributed by atoms with Crippen LogP contribution in [0.15, 0.2) is 35.1 Å². The van der Waals surface area contributed by atoms with Gasteiger partial charge in [-0.15, -0.1) is 0 Å². The molecule has 3 rings (SSSR count). The fraction of sp³-hybridized carbons (Fsp3) is 0.312. The van der Waals surface area contributed by atoms with Crippen molar-refractivity contribution in [2.75, 3.05) is 0 Å². The number of hydrogen-bond donors (Lipinski definition) is 2. The lowest BCUT2D eigenvalue weighted by molar-refractivity contribution is 0.0911. The summed E-state index contributed by atoms with van der Waals surface area (Å²) in [5, 5.41) is 14.2. The molecule has 2 heterocycles. The Morgan fingerprint density at radius 1 is 1.41 bits per heavy atom. The number of H-pyrrole nitrogens is 1. The van der Waals surface area contributed by atoms with Crippen molar-refractivity contribution in [3.63, 3.8) is 0 Å². The molecule has 0 radical (unpaired) electrons. The number of rotatable bonds is 4. The molecule has 0 aliphatic heterocycles. The average molecular weight is 298 g/mol. The Bertz CT molecular complexity index is 803. The Kier molecular flexibility index (Phi) is 3.44. The van der Waals surface area contributed by atoms with Gasteiger partial charge < -0.3 is 9.73 Å². The van der Waals surface area contributed by atoms with Crippen molar-refractivity contribution < 1.29 is 9.21 Å². The van der Waals surface area contributed by atoms with E-state index in [0.29, 0.717) is 16.8 Å². The zero-order valence-corrected chi connectivity index (χ0v) is 12.8. The minimum Gasteiger partial charge on any atom is -0.463 e. The quantitative estimate of drug-likeness (QED) is 0.775. The fourth-order valence-corrected chi connectivity index (χ4v) is 2.39. The summed E-state index contributed by atoms with van der Waals surface area (Å²) in [6.07, 6.45) is 4.01. The van der Waals surface area contributed by atoms with Gasteiger partial charge in [0.25, 0.3) is 5.91 Å². The van der Waals surface area contributed by atoms with Gasteiger partial charge in [0.05, 0.1) is 17.3 Å². The molecule has 1 amide bonds. The van der Waals surface area contributed by atoms with E-state index in [1.54, 1.807) is 6.20 Å². The first-order valence-electron chi connectivity index (χ1n) is 7.20. The number of fused-ring (bicyclic) bond motifs is 1. The monoisotopic (exact) mass is 298 g/mol. The summed E-state index contributed by atoms with van der Waals surface area (Å²) in [5.74, 6) is -0.194. The number of aryl methyl sites for hydroxylation is 1. The van der Waals surface area contributed by atoms with Crippen LogP contribution in [0.3, 0.4) is 0 Å². The van der Waals surface area contributed by atoms with Gasteiger partial charge in [-0.1, -0.05) is 13.0 Å². The van der Waals surface area contributed by atoms with Crippen molar-refractivity contribution >= 4 is 16.9 Å². The SMILES string of the molecule is CCc1ccc2occ(C(=O)NC(C)(C)c3cn[nH]n3)c2c1.